The molecule has 0 heterocycles. The van der Waals surface area contributed by atoms with E-state index < -0.39 is 76.2 Å². The van der Waals surface area contributed by atoms with Gasteiger partial charge in [0.05, 0.1) is 26.7 Å². The number of hydrogen-bond acceptors (Lipinski definition) is 7. The van der Waals surface area contributed by atoms with E-state index in [1.807, 2.05) is 0 Å². The number of rotatable bonds is 8. The average molecular weight is 503 g/mol. The van der Waals surface area contributed by atoms with Crippen molar-refractivity contribution in [1.29, 1.82) is 0 Å². The normalized spacial score (nSPS) is 14.4. The van der Waals surface area contributed by atoms with Gasteiger partial charge in [0.15, 0.2) is 0 Å². The van der Waals surface area contributed by atoms with Crippen LogP contribution in [0.5, 0.6) is 0 Å². The van der Waals surface area contributed by atoms with E-state index in [1.54, 1.807) is 0 Å². The second kappa shape index (κ2) is 8.68. The quantitative estimate of drug-likeness (QED) is 0.231. The fourth-order valence-electron chi connectivity index (χ4n) is 1.96. The number of nitro groups is 1. The van der Waals surface area contributed by atoms with E-state index in [9.17, 15) is 58.3 Å². The Morgan fingerprint density at radius 1 is 1.16 bits per heavy atom. The maximum absolute atomic E-state index is 13.7. The van der Waals surface area contributed by atoms with Crippen LogP contribution in [0.15, 0.2) is 28.0 Å². The minimum Gasteiger partial charge on any atom is -0.462 e. The molecule has 176 valence electrons. The van der Waals surface area contributed by atoms with E-state index >= 15 is 0 Å². The van der Waals surface area contributed by atoms with Crippen molar-refractivity contribution in [3.05, 3.63) is 28.3 Å². The fraction of sp³-hybridized carbons (Fsp3) is 0.500. The zero-order chi connectivity index (χ0) is 24.6. The Morgan fingerprint density at radius 2 is 1.68 bits per heavy atom. The SMILES string of the molecule is CC(C)OC(=O)CS(=O)c1ccc(S(=O)(=O)C(F)(F)C(F)(F)C(F)(F)F)cc1[N+](=O)[O-]. The molecule has 31 heavy (non-hydrogen) atoms. The van der Waals surface area contributed by atoms with E-state index in [4.69, 9.17) is 0 Å². The maximum atomic E-state index is 13.7. The molecule has 0 fully saturated rings. The highest BCUT2D eigenvalue weighted by molar-refractivity contribution is 7.92. The van der Waals surface area contributed by atoms with Crippen LogP contribution in [0.4, 0.5) is 36.4 Å². The lowest BCUT2D eigenvalue weighted by molar-refractivity contribution is -0.388. The van der Waals surface area contributed by atoms with Gasteiger partial charge in [0.25, 0.3) is 15.5 Å². The van der Waals surface area contributed by atoms with Crippen molar-refractivity contribution in [2.45, 2.75) is 47.1 Å². The lowest BCUT2D eigenvalue weighted by Gasteiger charge is -2.27. The second-order valence-corrected chi connectivity index (χ2v) is 9.42. The van der Waals surface area contributed by atoms with Gasteiger partial charge in [0.1, 0.15) is 10.6 Å². The van der Waals surface area contributed by atoms with Gasteiger partial charge in [-0.1, -0.05) is 0 Å². The van der Waals surface area contributed by atoms with Crippen LogP contribution in [-0.4, -0.2) is 52.7 Å². The van der Waals surface area contributed by atoms with E-state index in [-0.39, 0.29) is 18.2 Å². The molecule has 0 aliphatic carbocycles. The zero-order valence-corrected chi connectivity index (χ0v) is 16.9. The first-order chi connectivity index (χ1) is 13.8. The smallest absolute Gasteiger partial charge is 0.461 e. The Balaban J connectivity index is 3.51. The van der Waals surface area contributed by atoms with Crippen molar-refractivity contribution in [3.63, 3.8) is 0 Å². The lowest BCUT2D eigenvalue weighted by atomic mass is 10.3. The predicted molar refractivity (Wildman–Crippen MR) is 88.7 cm³/mol. The summed E-state index contributed by atoms with van der Waals surface area (Å²) >= 11 is 0. The number of alkyl halides is 7. The fourth-order valence-corrected chi connectivity index (χ4v) is 4.25. The molecule has 17 heteroatoms. The number of nitro benzene ring substituents is 1. The van der Waals surface area contributed by atoms with Crippen molar-refractivity contribution in [2.75, 3.05) is 5.75 Å². The Morgan fingerprint density at radius 3 is 2.10 bits per heavy atom. The summed E-state index contributed by atoms with van der Waals surface area (Å²) in [6, 6.07) is 0.0615. The minimum absolute atomic E-state index is 0.0315. The summed E-state index contributed by atoms with van der Waals surface area (Å²) in [4.78, 5) is 18.3. The summed E-state index contributed by atoms with van der Waals surface area (Å²) < 4.78 is 131. The van der Waals surface area contributed by atoms with Gasteiger partial charge in [-0.3, -0.25) is 19.1 Å². The minimum atomic E-state index is -7.03. The highest BCUT2D eigenvalue weighted by atomic mass is 32.2. The molecule has 0 N–H and O–H groups in total. The van der Waals surface area contributed by atoms with Crippen LogP contribution < -0.4 is 0 Å². The first-order valence-electron chi connectivity index (χ1n) is 7.70. The third-order valence-electron chi connectivity index (χ3n) is 3.36. The lowest BCUT2D eigenvalue weighted by Crippen LogP contribution is -2.55. The largest absolute Gasteiger partial charge is 0.462 e. The summed E-state index contributed by atoms with van der Waals surface area (Å²) in [6.45, 7) is 2.83. The Hall–Kier alpha value is -2.30. The number of nitrogens with zero attached hydrogens (tertiary/aromatic N) is 1. The summed E-state index contributed by atoms with van der Waals surface area (Å²) in [5, 5.41) is 4.39. The van der Waals surface area contributed by atoms with Crippen molar-refractivity contribution < 1.29 is 57.8 Å². The number of carbonyl (C=O) groups is 1. The number of ether oxygens (including phenoxy) is 1. The molecule has 1 rings (SSSR count). The zero-order valence-electron chi connectivity index (χ0n) is 15.3. The molecule has 0 aliphatic rings. The number of esters is 1. The average Bonchev–Trinajstić information content (AvgIpc) is 2.58. The molecular formula is C14H12F7NO7S2. The van der Waals surface area contributed by atoms with E-state index in [0.717, 1.165) is 0 Å². The third kappa shape index (κ3) is 5.13. The molecule has 0 bridgehead atoms. The molecule has 0 radical (unpaired) electrons. The maximum Gasteiger partial charge on any atom is 0.461 e. The van der Waals surface area contributed by atoms with E-state index in [2.05, 4.69) is 4.74 Å². The monoisotopic (exact) mass is 503 g/mol. The summed E-state index contributed by atoms with van der Waals surface area (Å²) in [5.74, 6) is -9.11. The van der Waals surface area contributed by atoms with Crippen LogP contribution in [0.3, 0.4) is 0 Å². The van der Waals surface area contributed by atoms with Crippen molar-refractivity contribution in [1.82, 2.24) is 0 Å². The van der Waals surface area contributed by atoms with Gasteiger partial charge in [-0.25, -0.2) is 8.42 Å². The number of carbonyl (C=O) groups excluding carboxylic acids is 1. The molecule has 1 atom stereocenters. The molecule has 0 amide bonds. The van der Waals surface area contributed by atoms with Crippen molar-refractivity contribution >= 4 is 32.3 Å². The van der Waals surface area contributed by atoms with Crippen molar-refractivity contribution in [3.8, 4) is 0 Å². The van der Waals surface area contributed by atoms with Crippen LogP contribution in [0, 0.1) is 10.1 Å². The van der Waals surface area contributed by atoms with Crippen LogP contribution in [-0.2, 0) is 30.2 Å². The molecule has 1 unspecified atom stereocenters. The third-order valence-corrected chi connectivity index (χ3v) is 6.50. The van der Waals surface area contributed by atoms with Gasteiger partial charge in [0.2, 0.25) is 0 Å². The first-order valence-corrected chi connectivity index (χ1v) is 10.5. The highest BCUT2D eigenvalue weighted by Crippen LogP contribution is 2.51. The van der Waals surface area contributed by atoms with Crippen LogP contribution in [0.1, 0.15) is 13.8 Å². The predicted octanol–water partition coefficient (Wildman–Crippen LogP) is 3.22. The number of sulfone groups is 1. The molecule has 0 spiro atoms. The number of benzene rings is 1. The van der Waals surface area contributed by atoms with Gasteiger partial charge < -0.3 is 4.74 Å². The van der Waals surface area contributed by atoms with E-state index in [0.29, 0.717) is 0 Å². The van der Waals surface area contributed by atoms with E-state index in [1.165, 1.54) is 13.8 Å². The first kappa shape index (κ1) is 26.7. The van der Waals surface area contributed by atoms with Crippen LogP contribution in [0.25, 0.3) is 0 Å². The molecule has 1 aromatic rings. The van der Waals surface area contributed by atoms with Crippen molar-refractivity contribution in [2.24, 2.45) is 0 Å². The van der Waals surface area contributed by atoms with Gasteiger partial charge >= 0.3 is 23.3 Å². The molecule has 0 saturated heterocycles. The van der Waals surface area contributed by atoms with Gasteiger partial charge in [-0.05, 0) is 26.0 Å². The highest BCUT2D eigenvalue weighted by Gasteiger charge is 2.78. The Kier molecular flexibility index (Phi) is 7.48. The molecule has 8 nitrogen and oxygen atoms in total. The summed E-state index contributed by atoms with van der Waals surface area (Å²) in [7, 11) is -9.39. The Labute approximate surface area is 171 Å². The van der Waals surface area contributed by atoms with Gasteiger partial charge in [-0.2, -0.15) is 30.7 Å². The van der Waals surface area contributed by atoms with Crippen LogP contribution in [0.2, 0.25) is 0 Å². The van der Waals surface area contributed by atoms with Crippen LogP contribution >= 0.6 is 0 Å². The van der Waals surface area contributed by atoms with Gasteiger partial charge in [-0.15, -0.1) is 0 Å². The Bertz CT molecular complexity index is 1010. The molecule has 1 aromatic carbocycles. The molecular weight excluding hydrogens is 491 g/mol. The standard InChI is InChI=1S/C14H12F7NO7S2/c1-7(2)29-11(23)6-30(26)10-4-3-8(5-9(10)22(24)25)31(27,28)14(20,21)12(15,16)13(17,18)19/h3-5,7H,6H2,1-2H3. The number of halogens is 7. The number of hydrogen-bond donors (Lipinski definition) is 0. The molecule has 0 aliphatic heterocycles. The summed E-state index contributed by atoms with van der Waals surface area (Å²) in [5.41, 5.74) is -1.47. The molecule has 0 saturated carbocycles. The topological polar surface area (TPSA) is 121 Å². The van der Waals surface area contributed by atoms with Gasteiger partial charge in [0, 0.05) is 6.07 Å². The molecule has 0 aromatic heterocycles. The second-order valence-electron chi connectivity index (χ2n) is 6.01. The summed E-state index contributed by atoms with van der Waals surface area (Å²) in [6.07, 6.45) is -7.63.